The van der Waals surface area contributed by atoms with Crippen LogP contribution < -0.4 is 0 Å². The number of aryl methyl sites for hydroxylation is 1. The van der Waals surface area contributed by atoms with Crippen molar-refractivity contribution in [2.45, 2.75) is 30.7 Å². The van der Waals surface area contributed by atoms with Crippen LogP contribution in [-0.4, -0.2) is 18.1 Å². The number of alkyl halides is 3. The first-order chi connectivity index (χ1) is 9.28. The first-order valence-electron chi connectivity index (χ1n) is 5.72. The van der Waals surface area contributed by atoms with Crippen LogP contribution in [0.5, 0.6) is 0 Å². The minimum Gasteiger partial charge on any atom is -0.466 e. The first-order valence-corrected chi connectivity index (χ1v) is 6.54. The van der Waals surface area contributed by atoms with Crippen molar-refractivity contribution in [3.8, 4) is 6.07 Å². The molecule has 0 aliphatic carbocycles. The second kappa shape index (κ2) is 6.66. The largest absolute Gasteiger partial charge is 0.466 e. The van der Waals surface area contributed by atoms with Gasteiger partial charge in [0.1, 0.15) is 6.07 Å². The van der Waals surface area contributed by atoms with Gasteiger partial charge in [0.05, 0.1) is 18.6 Å². The maximum Gasteiger partial charge on any atom is 0.446 e. The van der Waals surface area contributed by atoms with Crippen molar-refractivity contribution in [2.75, 3.05) is 6.61 Å². The van der Waals surface area contributed by atoms with Crippen molar-refractivity contribution >= 4 is 17.7 Å². The van der Waals surface area contributed by atoms with E-state index in [0.29, 0.717) is 5.56 Å². The summed E-state index contributed by atoms with van der Waals surface area (Å²) in [7, 11) is 0. The van der Waals surface area contributed by atoms with E-state index in [1.54, 1.807) is 19.9 Å². The van der Waals surface area contributed by atoms with Gasteiger partial charge in [0.15, 0.2) is 0 Å². The zero-order chi connectivity index (χ0) is 15.3. The number of thioether (sulfide) groups is 1. The van der Waals surface area contributed by atoms with Crippen LogP contribution in [0.25, 0.3) is 0 Å². The Morgan fingerprint density at radius 2 is 2.10 bits per heavy atom. The van der Waals surface area contributed by atoms with E-state index in [1.165, 1.54) is 12.1 Å². The maximum atomic E-state index is 12.4. The smallest absolute Gasteiger partial charge is 0.446 e. The average Bonchev–Trinajstić information content (AvgIpc) is 2.32. The fourth-order valence-corrected chi connectivity index (χ4v) is 2.30. The number of hydrogen-bond acceptors (Lipinski definition) is 4. The number of nitriles is 1. The predicted octanol–water partition coefficient (Wildman–Crippen LogP) is 3.58. The summed E-state index contributed by atoms with van der Waals surface area (Å²) >= 11 is -0.359. The van der Waals surface area contributed by atoms with Gasteiger partial charge in [0.25, 0.3) is 0 Å². The third-order valence-corrected chi connectivity index (χ3v) is 3.26. The molecule has 1 aromatic carbocycles. The molecule has 0 aromatic heterocycles. The standard InChI is InChI=1S/C13H12F3NO2S/c1-3-19-12(18)6-9-8(2)4-5-11(10(9)7-17)20-13(14,15)16/h4-5H,3,6H2,1-2H3. The highest BCUT2D eigenvalue weighted by Crippen LogP contribution is 2.39. The third-order valence-electron chi connectivity index (χ3n) is 2.47. The molecule has 0 atom stereocenters. The lowest BCUT2D eigenvalue weighted by Gasteiger charge is -2.13. The number of nitrogens with zero attached hydrogens (tertiary/aromatic N) is 1. The van der Waals surface area contributed by atoms with Gasteiger partial charge in [-0.15, -0.1) is 0 Å². The molecular weight excluding hydrogens is 291 g/mol. The molecule has 0 amide bonds. The van der Waals surface area contributed by atoms with Gasteiger partial charge in [-0.25, -0.2) is 0 Å². The molecule has 0 radical (unpaired) electrons. The van der Waals surface area contributed by atoms with Gasteiger partial charge in [0, 0.05) is 4.90 Å². The Hall–Kier alpha value is -1.68. The Kier molecular flexibility index (Phi) is 5.45. The number of rotatable bonds is 4. The molecule has 0 heterocycles. The molecule has 1 aromatic rings. The Balaban J connectivity index is 3.19. The average molecular weight is 303 g/mol. The van der Waals surface area contributed by atoms with Gasteiger partial charge in [-0.05, 0) is 42.8 Å². The second-order valence-electron chi connectivity index (χ2n) is 3.88. The lowest BCUT2D eigenvalue weighted by atomic mass is 10.00. The highest BCUT2D eigenvalue weighted by Gasteiger charge is 2.31. The Morgan fingerprint density at radius 1 is 1.45 bits per heavy atom. The van der Waals surface area contributed by atoms with Crippen molar-refractivity contribution in [1.29, 1.82) is 5.26 Å². The van der Waals surface area contributed by atoms with Crippen LogP contribution >= 0.6 is 11.8 Å². The number of ether oxygens (including phenoxy) is 1. The molecule has 0 aliphatic heterocycles. The molecule has 1 rings (SSSR count). The summed E-state index contributed by atoms with van der Waals surface area (Å²) in [4.78, 5) is 11.3. The van der Waals surface area contributed by atoms with Crippen LogP contribution in [0.1, 0.15) is 23.6 Å². The minimum atomic E-state index is -4.48. The van der Waals surface area contributed by atoms with Crippen LogP contribution in [0.4, 0.5) is 13.2 Å². The van der Waals surface area contributed by atoms with E-state index in [2.05, 4.69) is 0 Å². The van der Waals surface area contributed by atoms with Crippen molar-refractivity contribution in [1.82, 2.24) is 0 Å². The first kappa shape index (κ1) is 16.4. The number of halogens is 3. The van der Waals surface area contributed by atoms with Crippen molar-refractivity contribution in [2.24, 2.45) is 0 Å². The number of carbonyl (C=O) groups is 1. The molecule has 108 valence electrons. The Labute approximate surface area is 118 Å². The van der Waals surface area contributed by atoms with Crippen LogP contribution in [0, 0.1) is 18.3 Å². The van der Waals surface area contributed by atoms with E-state index >= 15 is 0 Å². The maximum absolute atomic E-state index is 12.4. The molecule has 0 saturated heterocycles. The van der Waals surface area contributed by atoms with Gasteiger partial charge in [0.2, 0.25) is 0 Å². The van der Waals surface area contributed by atoms with Gasteiger partial charge in [-0.3, -0.25) is 4.79 Å². The van der Waals surface area contributed by atoms with Gasteiger partial charge in [-0.2, -0.15) is 18.4 Å². The van der Waals surface area contributed by atoms with Crippen LogP contribution in [0.2, 0.25) is 0 Å². The number of benzene rings is 1. The van der Waals surface area contributed by atoms with E-state index < -0.39 is 11.5 Å². The predicted molar refractivity (Wildman–Crippen MR) is 68.1 cm³/mol. The number of esters is 1. The minimum absolute atomic E-state index is 0.125. The molecule has 0 bridgehead atoms. The Morgan fingerprint density at radius 3 is 2.60 bits per heavy atom. The molecule has 0 spiro atoms. The van der Waals surface area contributed by atoms with Gasteiger partial charge < -0.3 is 4.74 Å². The molecule has 0 saturated carbocycles. The van der Waals surface area contributed by atoms with E-state index in [0.717, 1.165) is 0 Å². The van der Waals surface area contributed by atoms with E-state index in [9.17, 15) is 18.0 Å². The van der Waals surface area contributed by atoms with Gasteiger partial charge in [-0.1, -0.05) is 6.07 Å². The molecule has 20 heavy (non-hydrogen) atoms. The zero-order valence-electron chi connectivity index (χ0n) is 10.9. The molecule has 0 fully saturated rings. The lowest BCUT2D eigenvalue weighted by Crippen LogP contribution is -2.11. The van der Waals surface area contributed by atoms with Crippen molar-refractivity contribution < 1.29 is 22.7 Å². The zero-order valence-corrected chi connectivity index (χ0v) is 11.7. The summed E-state index contributed by atoms with van der Waals surface area (Å²) in [5, 5.41) is 9.08. The highest BCUT2D eigenvalue weighted by molar-refractivity contribution is 8.00. The molecule has 0 unspecified atom stereocenters. The monoisotopic (exact) mass is 303 g/mol. The fraction of sp³-hybridized carbons (Fsp3) is 0.385. The summed E-state index contributed by atoms with van der Waals surface area (Å²) < 4.78 is 42.1. The molecule has 3 nitrogen and oxygen atoms in total. The number of carbonyl (C=O) groups excluding carboxylic acids is 1. The van der Waals surface area contributed by atoms with E-state index in [1.807, 2.05) is 0 Å². The molecular formula is C13H12F3NO2S. The molecule has 7 heteroatoms. The summed E-state index contributed by atoms with van der Waals surface area (Å²) in [5.74, 6) is -0.568. The van der Waals surface area contributed by atoms with Gasteiger partial charge >= 0.3 is 11.5 Å². The Bertz CT molecular complexity index is 550. The van der Waals surface area contributed by atoms with Crippen LogP contribution in [-0.2, 0) is 16.0 Å². The summed E-state index contributed by atoms with van der Waals surface area (Å²) in [6.07, 6.45) is -0.213. The topological polar surface area (TPSA) is 50.1 Å². The lowest BCUT2D eigenvalue weighted by molar-refractivity contribution is -0.142. The summed E-state index contributed by atoms with van der Waals surface area (Å²) in [6, 6.07) is 4.45. The van der Waals surface area contributed by atoms with E-state index in [-0.39, 0.29) is 40.8 Å². The SMILES string of the molecule is CCOC(=O)Cc1c(C)ccc(SC(F)(F)F)c1C#N. The van der Waals surface area contributed by atoms with Crippen LogP contribution in [0.3, 0.4) is 0 Å². The van der Waals surface area contributed by atoms with Crippen molar-refractivity contribution in [3.05, 3.63) is 28.8 Å². The molecule has 0 aliphatic rings. The quantitative estimate of drug-likeness (QED) is 0.630. The highest BCUT2D eigenvalue weighted by atomic mass is 32.2. The second-order valence-corrected chi connectivity index (χ2v) is 4.98. The van der Waals surface area contributed by atoms with E-state index in [4.69, 9.17) is 10.00 Å². The van der Waals surface area contributed by atoms with Crippen molar-refractivity contribution in [3.63, 3.8) is 0 Å². The molecule has 0 N–H and O–H groups in total. The normalized spacial score (nSPS) is 11.0. The van der Waals surface area contributed by atoms with Crippen LogP contribution in [0.15, 0.2) is 17.0 Å². The number of hydrogen-bond donors (Lipinski definition) is 0. The fourth-order valence-electron chi connectivity index (χ4n) is 1.65. The third kappa shape index (κ3) is 4.46. The summed E-state index contributed by atoms with van der Waals surface area (Å²) in [6.45, 7) is 3.44. The summed E-state index contributed by atoms with van der Waals surface area (Å²) in [5.41, 5.74) is -3.75.